The number of amides is 1. The molecule has 0 spiro atoms. The van der Waals surface area contributed by atoms with Crippen LogP contribution < -0.4 is 5.32 Å². The molecule has 0 aliphatic heterocycles. The van der Waals surface area contributed by atoms with Gasteiger partial charge >= 0.3 is 0 Å². The van der Waals surface area contributed by atoms with Crippen molar-refractivity contribution in [3.8, 4) is 0 Å². The molecule has 0 aromatic heterocycles. The van der Waals surface area contributed by atoms with E-state index in [-0.39, 0.29) is 12.5 Å². The fourth-order valence-corrected chi connectivity index (χ4v) is 9.00. The van der Waals surface area contributed by atoms with Crippen LogP contribution in [0, 0.1) is 0 Å². The Labute approximate surface area is 454 Å². The summed E-state index contributed by atoms with van der Waals surface area (Å²) in [6.45, 7) is 4.20. The van der Waals surface area contributed by atoms with Gasteiger partial charge in [-0.1, -0.05) is 315 Å². The Bertz CT molecular complexity index is 1420. The second kappa shape index (κ2) is 63.1. The van der Waals surface area contributed by atoms with E-state index in [0.29, 0.717) is 6.42 Å². The van der Waals surface area contributed by atoms with Crippen molar-refractivity contribution in [2.45, 2.75) is 302 Å². The minimum atomic E-state index is -0.865. The summed E-state index contributed by atoms with van der Waals surface area (Å²) in [4.78, 5) is 12.5. The summed E-state index contributed by atoms with van der Waals surface area (Å²) < 4.78 is 0. The Balaban J connectivity index is 3.61. The summed E-state index contributed by atoms with van der Waals surface area (Å²) in [6.07, 6.45) is 96.7. The van der Waals surface area contributed by atoms with Gasteiger partial charge in [-0.3, -0.25) is 4.79 Å². The number of aliphatic hydroxyl groups excluding tert-OH is 2. The highest BCUT2D eigenvalue weighted by Gasteiger charge is 2.18. The lowest BCUT2D eigenvalue weighted by atomic mass is 10.0. The average molecular weight is 1010 g/mol. The van der Waals surface area contributed by atoms with Crippen molar-refractivity contribution in [2.24, 2.45) is 0 Å². The Hall–Kier alpha value is -3.21. The number of carbonyl (C=O) groups is 1. The summed E-state index contributed by atoms with van der Waals surface area (Å²) in [7, 11) is 0. The van der Waals surface area contributed by atoms with E-state index in [9.17, 15) is 15.0 Å². The predicted molar refractivity (Wildman–Crippen MR) is 326 cm³/mol. The number of unbranched alkanes of at least 4 members (excludes halogenated alkanes) is 31. The van der Waals surface area contributed by atoms with Gasteiger partial charge in [0.05, 0.1) is 18.8 Å². The molecular weight excluding hydrogens is 891 g/mol. The zero-order chi connectivity index (χ0) is 52.7. The van der Waals surface area contributed by atoms with Crippen LogP contribution in [0.25, 0.3) is 0 Å². The number of carbonyl (C=O) groups excluding carboxylic acids is 1. The van der Waals surface area contributed by atoms with Crippen LogP contribution in [0.2, 0.25) is 0 Å². The van der Waals surface area contributed by atoms with E-state index in [1.54, 1.807) is 6.08 Å². The minimum Gasteiger partial charge on any atom is -0.394 e. The topological polar surface area (TPSA) is 69.6 Å². The Kier molecular flexibility index (Phi) is 60.3. The van der Waals surface area contributed by atoms with Crippen molar-refractivity contribution in [1.82, 2.24) is 5.32 Å². The lowest BCUT2D eigenvalue weighted by Crippen LogP contribution is -2.45. The van der Waals surface area contributed by atoms with Gasteiger partial charge in [0, 0.05) is 6.42 Å². The molecule has 0 aliphatic carbocycles. The van der Waals surface area contributed by atoms with Crippen molar-refractivity contribution >= 4 is 5.91 Å². The molecule has 0 fully saturated rings. The third-order valence-corrected chi connectivity index (χ3v) is 13.7. The molecule has 0 aromatic carbocycles. The van der Waals surface area contributed by atoms with Crippen LogP contribution in [0.15, 0.2) is 122 Å². The normalized spacial score (nSPS) is 13.6. The molecule has 3 N–H and O–H groups in total. The molecule has 0 heterocycles. The van der Waals surface area contributed by atoms with Gasteiger partial charge < -0.3 is 15.5 Å². The molecular formula is C69H119NO3. The standard InChI is InChI=1S/C69H119NO3/c1-3-5-7-9-11-13-15-17-19-21-23-25-27-29-31-33-35-37-39-41-43-45-47-49-51-53-55-57-59-61-63-65-69(73)70-67(66-71)68(72)64-62-60-58-56-54-52-50-48-46-44-42-40-38-36-34-32-30-28-26-24-22-20-18-16-14-12-10-8-6-4-2/h5,7,11,13,17,19,23,25,29,31,35,37,41,43,47,49,53,55,62,64,67-68,71-72H,3-4,6,8-10,12,14-16,18,20-22,24,26-28,30,32-34,36,38-40,42,44-46,48,50-52,54,56-61,63,65-66H2,1-2H3,(H,70,73)/b7-5-,13-11-,19-17-,25-23-,31-29-,37-35-,43-41-,49-47-,55-53-,64-62+. The highest BCUT2D eigenvalue weighted by Crippen LogP contribution is 2.17. The number of hydrogen-bond donors (Lipinski definition) is 3. The van der Waals surface area contributed by atoms with Crippen LogP contribution in [-0.4, -0.2) is 34.9 Å². The summed E-state index contributed by atoms with van der Waals surface area (Å²) in [6, 6.07) is -0.651. The molecule has 73 heavy (non-hydrogen) atoms. The number of hydrogen-bond acceptors (Lipinski definition) is 3. The van der Waals surface area contributed by atoms with Crippen LogP contribution in [0.5, 0.6) is 0 Å². The van der Waals surface area contributed by atoms with Gasteiger partial charge in [0.2, 0.25) is 5.91 Å². The first-order valence-corrected chi connectivity index (χ1v) is 31.2. The summed E-state index contributed by atoms with van der Waals surface area (Å²) in [5.74, 6) is -0.0978. The molecule has 4 heteroatoms. The van der Waals surface area contributed by atoms with Gasteiger partial charge in [-0.15, -0.1) is 0 Å². The average Bonchev–Trinajstić information content (AvgIpc) is 3.40. The van der Waals surface area contributed by atoms with Crippen LogP contribution in [0.1, 0.15) is 290 Å². The summed E-state index contributed by atoms with van der Waals surface area (Å²) >= 11 is 0. The summed E-state index contributed by atoms with van der Waals surface area (Å²) in [5.41, 5.74) is 0. The maximum Gasteiger partial charge on any atom is 0.220 e. The van der Waals surface area contributed by atoms with E-state index >= 15 is 0 Å². The summed E-state index contributed by atoms with van der Waals surface area (Å²) in [5, 5.41) is 23.2. The highest BCUT2D eigenvalue weighted by atomic mass is 16.3. The zero-order valence-electron chi connectivity index (χ0n) is 48.1. The van der Waals surface area contributed by atoms with Crippen molar-refractivity contribution < 1.29 is 15.0 Å². The van der Waals surface area contributed by atoms with Crippen LogP contribution in [0.4, 0.5) is 0 Å². The molecule has 0 aromatic rings. The lowest BCUT2D eigenvalue weighted by molar-refractivity contribution is -0.123. The van der Waals surface area contributed by atoms with Gasteiger partial charge in [-0.25, -0.2) is 0 Å². The molecule has 0 rings (SSSR count). The van der Waals surface area contributed by atoms with E-state index in [0.717, 1.165) is 96.3 Å². The fourth-order valence-electron chi connectivity index (χ4n) is 9.00. The van der Waals surface area contributed by atoms with Gasteiger partial charge in [-0.2, -0.15) is 0 Å². The second-order valence-corrected chi connectivity index (χ2v) is 20.7. The molecule has 1 amide bonds. The SMILES string of the molecule is CC/C=C\C/C=C\C/C=C\C/C=C\C/C=C\C/C=C\C/C=C\C/C=C\C/C=C\CCCCCC(=O)NC(CO)C(O)/C=C/CCCCCCCCCCCCCCCCCCCCCCCCCCCCCC. The smallest absolute Gasteiger partial charge is 0.220 e. The van der Waals surface area contributed by atoms with E-state index in [4.69, 9.17) is 0 Å². The first kappa shape index (κ1) is 69.8. The lowest BCUT2D eigenvalue weighted by Gasteiger charge is -2.19. The largest absolute Gasteiger partial charge is 0.394 e. The molecule has 0 bridgehead atoms. The Morgan fingerprint density at radius 3 is 0.904 bits per heavy atom. The predicted octanol–water partition coefficient (Wildman–Crippen LogP) is 21.2. The molecule has 0 aliphatic rings. The molecule has 4 nitrogen and oxygen atoms in total. The van der Waals surface area contributed by atoms with Gasteiger partial charge in [0.15, 0.2) is 0 Å². The van der Waals surface area contributed by atoms with Crippen molar-refractivity contribution in [1.29, 1.82) is 0 Å². The van der Waals surface area contributed by atoms with Crippen LogP contribution >= 0.6 is 0 Å². The first-order chi connectivity index (χ1) is 36.2. The van der Waals surface area contributed by atoms with Crippen molar-refractivity contribution in [3.63, 3.8) is 0 Å². The van der Waals surface area contributed by atoms with E-state index < -0.39 is 12.1 Å². The van der Waals surface area contributed by atoms with E-state index in [2.05, 4.69) is 129 Å². The highest BCUT2D eigenvalue weighted by molar-refractivity contribution is 5.76. The van der Waals surface area contributed by atoms with Crippen molar-refractivity contribution in [2.75, 3.05) is 6.61 Å². The first-order valence-electron chi connectivity index (χ1n) is 31.2. The maximum absolute atomic E-state index is 12.5. The van der Waals surface area contributed by atoms with Crippen LogP contribution in [0.3, 0.4) is 0 Å². The van der Waals surface area contributed by atoms with E-state index in [1.165, 1.54) is 173 Å². The maximum atomic E-state index is 12.5. The van der Waals surface area contributed by atoms with Gasteiger partial charge in [-0.05, 0) is 89.9 Å². The number of allylic oxidation sites excluding steroid dienone is 19. The van der Waals surface area contributed by atoms with Gasteiger partial charge in [0.1, 0.15) is 0 Å². The third kappa shape index (κ3) is 59.5. The molecule has 0 saturated heterocycles. The number of rotatable bonds is 56. The van der Waals surface area contributed by atoms with Crippen molar-refractivity contribution in [3.05, 3.63) is 122 Å². The Morgan fingerprint density at radius 2 is 0.603 bits per heavy atom. The Morgan fingerprint density at radius 1 is 0.342 bits per heavy atom. The molecule has 2 atom stereocenters. The fraction of sp³-hybridized carbons (Fsp3) is 0.696. The number of aliphatic hydroxyl groups is 2. The minimum absolute atomic E-state index is 0.0978. The molecule has 2 unspecified atom stereocenters. The monoisotopic (exact) mass is 1010 g/mol. The van der Waals surface area contributed by atoms with Crippen LogP contribution in [-0.2, 0) is 4.79 Å². The molecule has 0 saturated carbocycles. The van der Waals surface area contributed by atoms with Gasteiger partial charge in [0.25, 0.3) is 0 Å². The molecule has 418 valence electrons. The number of nitrogens with one attached hydrogen (secondary N) is 1. The second-order valence-electron chi connectivity index (χ2n) is 20.7. The third-order valence-electron chi connectivity index (χ3n) is 13.7. The quantitative estimate of drug-likeness (QED) is 0.0420. The van der Waals surface area contributed by atoms with E-state index in [1.807, 2.05) is 6.08 Å². The molecule has 0 radical (unpaired) electrons. The zero-order valence-corrected chi connectivity index (χ0v) is 48.1.